The van der Waals surface area contributed by atoms with Crippen LogP contribution in [0.4, 0.5) is 0 Å². The molecule has 0 unspecified atom stereocenters. The number of carbonyl (C=O) groups excluding carboxylic acids is 2. The highest BCUT2D eigenvalue weighted by Gasteiger charge is 2.42. The zero-order valence-corrected chi connectivity index (χ0v) is 16.0. The first-order chi connectivity index (χ1) is 12.3. The van der Waals surface area contributed by atoms with E-state index in [4.69, 9.17) is 4.74 Å². The lowest BCUT2D eigenvalue weighted by molar-refractivity contribution is -0.167. The van der Waals surface area contributed by atoms with Crippen LogP contribution in [-0.2, 0) is 23.0 Å². The predicted molar refractivity (Wildman–Crippen MR) is 97.3 cm³/mol. The molecule has 0 radical (unpaired) electrons. The van der Waals surface area contributed by atoms with Crippen LogP contribution in [0.1, 0.15) is 41.4 Å². The van der Waals surface area contributed by atoms with Crippen molar-refractivity contribution in [3.63, 3.8) is 0 Å². The summed E-state index contributed by atoms with van der Waals surface area (Å²) in [5.41, 5.74) is 1.54. The number of pyridine rings is 1. The van der Waals surface area contributed by atoms with Gasteiger partial charge in [-0.3, -0.25) is 14.4 Å². The normalized spacial score (nSPS) is 19.9. The number of piperidine rings is 1. The molecule has 2 aliphatic rings. The average molecular weight is 361 g/mol. The Hall–Kier alpha value is -2.15. The van der Waals surface area contributed by atoms with E-state index in [1.165, 1.54) is 0 Å². The standard InChI is InChI=1S/C19H27N3O4/c1-5-15-13(2)10-14(17(24)21(15)4)18(25)22-8-6-19(7-9-22)12-20(3)16(23)11-26-19/h10H,5-9,11-12H2,1-4H3. The summed E-state index contributed by atoms with van der Waals surface area (Å²) in [5, 5.41) is 0. The number of rotatable bonds is 2. The Labute approximate surface area is 153 Å². The van der Waals surface area contributed by atoms with Gasteiger partial charge in [-0.15, -0.1) is 0 Å². The van der Waals surface area contributed by atoms with E-state index in [-0.39, 0.29) is 35.1 Å². The van der Waals surface area contributed by atoms with Crippen LogP contribution < -0.4 is 5.56 Å². The van der Waals surface area contributed by atoms with Gasteiger partial charge in [0.2, 0.25) is 5.91 Å². The molecular formula is C19H27N3O4. The average Bonchev–Trinajstić information content (AvgIpc) is 2.62. The van der Waals surface area contributed by atoms with Crippen LogP contribution in [0.25, 0.3) is 0 Å². The number of morpholine rings is 1. The third-order valence-electron chi connectivity index (χ3n) is 5.74. The number of amides is 2. The molecule has 7 nitrogen and oxygen atoms in total. The van der Waals surface area contributed by atoms with Crippen molar-refractivity contribution < 1.29 is 14.3 Å². The Morgan fingerprint density at radius 2 is 1.88 bits per heavy atom. The van der Waals surface area contributed by atoms with Gasteiger partial charge in [0.05, 0.1) is 5.60 Å². The zero-order valence-electron chi connectivity index (χ0n) is 16.0. The van der Waals surface area contributed by atoms with Crippen LogP contribution in [0.5, 0.6) is 0 Å². The largest absolute Gasteiger partial charge is 0.363 e. The summed E-state index contributed by atoms with van der Waals surface area (Å²) in [7, 11) is 3.50. The quantitative estimate of drug-likeness (QED) is 0.778. The fourth-order valence-electron chi connectivity index (χ4n) is 4.08. The molecule has 0 aromatic carbocycles. The molecular weight excluding hydrogens is 334 g/mol. The number of nitrogens with zero attached hydrogens (tertiary/aromatic N) is 3. The first kappa shape index (κ1) is 18.6. The minimum absolute atomic E-state index is 0.0101. The van der Waals surface area contributed by atoms with Crippen molar-refractivity contribution in [1.29, 1.82) is 0 Å². The zero-order chi connectivity index (χ0) is 19.1. The lowest BCUT2D eigenvalue weighted by Gasteiger charge is -2.46. The molecule has 2 fully saturated rings. The second-order valence-corrected chi connectivity index (χ2v) is 7.42. The number of aryl methyl sites for hydroxylation is 1. The molecule has 0 N–H and O–H groups in total. The van der Waals surface area contributed by atoms with Gasteiger partial charge in [0.25, 0.3) is 11.5 Å². The van der Waals surface area contributed by atoms with Gasteiger partial charge in [0, 0.05) is 39.4 Å². The summed E-state index contributed by atoms with van der Waals surface area (Å²) in [4.78, 5) is 40.6. The lowest BCUT2D eigenvalue weighted by Crippen LogP contribution is -2.58. The van der Waals surface area contributed by atoms with Crippen LogP contribution in [0.2, 0.25) is 0 Å². The molecule has 2 amide bonds. The van der Waals surface area contributed by atoms with Gasteiger partial charge in [0.1, 0.15) is 12.2 Å². The van der Waals surface area contributed by atoms with E-state index in [9.17, 15) is 14.4 Å². The number of likely N-dealkylation sites (N-methyl/N-ethyl adjacent to an activating group) is 1. The Kier molecular flexibility index (Phi) is 4.92. The number of ether oxygens (including phenoxy) is 1. The third-order valence-corrected chi connectivity index (χ3v) is 5.74. The maximum Gasteiger partial charge on any atom is 0.263 e. The maximum absolute atomic E-state index is 12.9. The summed E-state index contributed by atoms with van der Waals surface area (Å²) in [6.45, 7) is 5.64. The molecule has 2 saturated heterocycles. The lowest BCUT2D eigenvalue weighted by atomic mass is 9.89. The molecule has 0 bridgehead atoms. The van der Waals surface area contributed by atoms with E-state index in [1.54, 1.807) is 34.5 Å². The van der Waals surface area contributed by atoms with Crippen LogP contribution in [0, 0.1) is 6.92 Å². The number of aromatic nitrogens is 1. The Morgan fingerprint density at radius 3 is 2.46 bits per heavy atom. The number of hydrogen-bond acceptors (Lipinski definition) is 4. The van der Waals surface area contributed by atoms with Gasteiger partial charge in [-0.2, -0.15) is 0 Å². The van der Waals surface area contributed by atoms with E-state index < -0.39 is 0 Å². The highest BCUT2D eigenvalue weighted by atomic mass is 16.5. The van der Waals surface area contributed by atoms with Crippen molar-refractivity contribution in [2.75, 3.05) is 33.3 Å². The minimum Gasteiger partial charge on any atom is -0.363 e. The molecule has 7 heteroatoms. The molecule has 1 aromatic rings. The molecule has 1 spiro atoms. The second kappa shape index (κ2) is 6.87. The number of hydrogen-bond donors (Lipinski definition) is 0. The van der Waals surface area contributed by atoms with Crippen molar-refractivity contribution in [2.24, 2.45) is 7.05 Å². The van der Waals surface area contributed by atoms with Crippen molar-refractivity contribution in [2.45, 2.75) is 38.7 Å². The molecule has 3 rings (SSSR count). The first-order valence-electron chi connectivity index (χ1n) is 9.14. The van der Waals surface area contributed by atoms with Crippen LogP contribution in [0.3, 0.4) is 0 Å². The number of likely N-dealkylation sites (tertiary alicyclic amines) is 1. The fourth-order valence-corrected chi connectivity index (χ4v) is 4.08. The van der Waals surface area contributed by atoms with Crippen molar-refractivity contribution in [3.8, 4) is 0 Å². The van der Waals surface area contributed by atoms with E-state index >= 15 is 0 Å². The molecule has 0 aliphatic carbocycles. The third kappa shape index (κ3) is 3.16. The van der Waals surface area contributed by atoms with Crippen LogP contribution in [-0.4, -0.2) is 65.1 Å². The summed E-state index contributed by atoms with van der Waals surface area (Å²) < 4.78 is 7.40. The van der Waals surface area contributed by atoms with Crippen molar-refractivity contribution in [3.05, 3.63) is 33.2 Å². The van der Waals surface area contributed by atoms with Crippen molar-refractivity contribution >= 4 is 11.8 Å². The van der Waals surface area contributed by atoms with Crippen molar-refractivity contribution in [1.82, 2.24) is 14.4 Å². The fraction of sp³-hybridized carbons (Fsp3) is 0.632. The molecule has 142 valence electrons. The smallest absolute Gasteiger partial charge is 0.263 e. The number of carbonyl (C=O) groups is 2. The summed E-state index contributed by atoms with van der Waals surface area (Å²) in [6.07, 6.45) is 2.09. The molecule has 2 aliphatic heterocycles. The summed E-state index contributed by atoms with van der Waals surface area (Å²) >= 11 is 0. The highest BCUT2D eigenvalue weighted by molar-refractivity contribution is 5.94. The van der Waals surface area contributed by atoms with E-state index in [2.05, 4.69) is 0 Å². The summed E-state index contributed by atoms with van der Waals surface area (Å²) in [6, 6.07) is 1.72. The summed E-state index contributed by atoms with van der Waals surface area (Å²) in [5.74, 6) is -0.226. The topological polar surface area (TPSA) is 71.9 Å². The van der Waals surface area contributed by atoms with Gasteiger partial charge in [-0.1, -0.05) is 6.92 Å². The van der Waals surface area contributed by atoms with Gasteiger partial charge in [0.15, 0.2) is 0 Å². The van der Waals surface area contributed by atoms with Gasteiger partial charge in [-0.25, -0.2) is 0 Å². The molecule has 0 saturated carbocycles. The first-order valence-corrected chi connectivity index (χ1v) is 9.14. The molecule has 26 heavy (non-hydrogen) atoms. The predicted octanol–water partition coefficient (Wildman–Crippen LogP) is 0.720. The van der Waals surface area contributed by atoms with Crippen LogP contribution >= 0.6 is 0 Å². The molecule has 3 heterocycles. The maximum atomic E-state index is 12.9. The van der Waals surface area contributed by atoms with Crippen LogP contribution in [0.15, 0.2) is 10.9 Å². The second-order valence-electron chi connectivity index (χ2n) is 7.42. The SMILES string of the molecule is CCc1c(C)cc(C(=O)N2CCC3(CC2)CN(C)C(=O)CO3)c(=O)n1C. The molecule has 0 atom stereocenters. The van der Waals surface area contributed by atoms with Gasteiger partial charge >= 0.3 is 0 Å². The Balaban J connectivity index is 1.75. The Morgan fingerprint density at radius 1 is 1.23 bits per heavy atom. The van der Waals surface area contributed by atoms with Gasteiger partial charge in [-0.05, 0) is 37.8 Å². The minimum atomic E-state index is -0.369. The molecule has 1 aromatic heterocycles. The van der Waals surface area contributed by atoms with Gasteiger partial charge < -0.3 is 19.1 Å². The highest BCUT2D eigenvalue weighted by Crippen LogP contribution is 2.30. The van der Waals surface area contributed by atoms with E-state index in [0.717, 1.165) is 17.7 Å². The monoisotopic (exact) mass is 361 g/mol. The van der Waals surface area contributed by atoms with E-state index in [0.29, 0.717) is 32.5 Å². The van der Waals surface area contributed by atoms with E-state index in [1.807, 2.05) is 13.8 Å². The Bertz CT molecular complexity index is 791.